The zero-order valence-corrected chi connectivity index (χ0v) is 12.2. The molecule has 1 aliphatic rings. The lowest BCUT2D eigenvalue weighted by Crippen LogP contribution is -2.43. The minimum atomic E-state index is 0.152. The molecular weight excluding hydrogens is 290 g/mol. The predicted octanol–water partition coefficient (Wildman–Crippen LogP) is 3.30. The topological polar surface area (TPSA) is 29.1 Å². The van der Waals surface area contributed by atoms with Crippen LogP contribution in [0.4, 0.5) is 0 Å². The van der Waals surface area contributed by atoms with Gasteiger partial charge in [-0.1, -0.05) is 59.1 Å². The average molecular weight is 310 g/mol. The zero-order chi connectivity index (χ0) is 12.8. The van der Waals surface area contributed by atoms with E-state index in [-0.39, 0.29) is 5.91 Å². The van der Waals surface area contributed by atoms with Crippen molar-refractivity contribution >= 4 is 21.8 Å². The molecule has 1 aromatic carbocycles. The third-order valence-corrected chi connectivity index (χ3v) is 4.49. The molecule has 2 atom stereocenters. The highest BCUT2D eigenvalue weighted by Crippen LogP contribution is 2.25. The number of rotatable bonds is 4. The van der Waals surface area contributed by atoms with Crippen molar-refractivity contribution in [1.82, 2.24) is 5.32 Å². The maximum Gasteiger partial charge on any atom is 0.224 e. The van der Waals surface area contributed by atoms with Crippen LogP contribution in [0.5, 0.6) is 0 Å². The first-order chi connectivity index (χ1) is 8.79. The molecule has 2 unspecified atom stereocenters. The Morgan fingerprint density at radius 1 is 1.22 bits per heavy atom. The minimum Gasteiger partial charge on any atom is -0.353 e. The van der Waals surface area contributed by atoms with Crippen molar-refractivity contribution in [3.05, 3.63) is 35.9 Å². The van der Waals surface area contributed by atoms with Gasteiger partial charge in [0.1, 0.15) is 0 Å². The molecule has 98 valence electrons. The SMILES string of the molecule is O=C(Cc1ccccc1)NC1CCCCC1CBr. The van der Waals surface area contributed by atoms with Gasteiger partial charge in [0.25, 0.3) is 0 Å². The van der Waals surface area contributed by atoms with E-state index in [0.717, 1.165) is 17.3 Å². The molecule has 0 spiro atoms. The van der Waals surface area contributed by atoms with Crippen LogP contribution in [-0.4, -0.2) is 17.3 Å². The lowest BCUT2D eigenvalue weighted by Gasteiger charge is -2.31. The van der Waals surface area contributed by atoms with Gasteiger partial charge >= 0.3 is 0 Å². The molecule has 1 aromatic rings. The van der Waals surface area contributed by atoms with Gasteiger partial charge in [0.05, 0.1) is 6.42 Å². The summed E-state index contributed by atoms with van der Waals surface area (Å²) in [7, 11) is 0. The lowest BCUT2D eigenvalue weighted by atomic mass is 9.86. The predicted molar refractivity (Wildman–Crippen MR) is 77.8 cm³/mol. The summed E-state index contributed by atoms with van der Waals surface area (Å²) >= 11 is 3.56. The van der Waals surface area contributed by atoms with Crippen molar-refractivity contribution in [3.8, 4) is 0 Å². The summed E-state index contributed by atoms with van der Waals surface area (Å²) in [6, 6.07) is 10.3. The molecule has 18 heavy (non-hydrogen) atoms. The van der Waals surface area contributed by atoms with Crippen LogP contribution in [-0.2, 0) is 11.2 Å². The highest BCUT2D eigenvalue weighted by Gasteiger charge is 2.25. The fourth-order valence-corrected chi connectivity index (χ4v) is 3.40. The molecule has 0 saturated heterocycles. The van der Waals surface area contributed by atoms with Crippen molar-refractivity contribution in [2.24, 2.45) is 5.92 Å². The van der Waals surface area contributed by atoms with Gasteiger partial charge in [0, 0.05) is 11.4 Å². The van der Waals surface area contributed by atoms with Gasteiger partial charge in [-0.05, 0) is 24.3 Å². The van der Waals surface area contributed by atoms with Crippen LogP contribution in [0.2, 0.25) is 0 Å². The van der Waals surface area contributed by atoms with E-state index in [1.165, 1.54) is 19.3 Å². The van der Waals surface area contributed by atoms with E-state index in [1.807, 2.05) is 30.3 Å². The number of benzene rings is 1. The molecule has 0 aliphatic heterocycles. The maximum absolute atomic E-state index is 12.0. The average Bonchev–Trinajstić information content (AvgIpc) is 2.40. The number of amides is 1. The largest absolute Gasteiger partial charge is 0.353 e. The molecule has 0 aromatic heterocycles. The third-order valence-electron chi connectivity index (χ3n) is 3.66. The van der Waals surface area contributed by atoms with E-state index in [2.05, 4.69) is 21.2 Å². The molecule has 2 nitrogen and oxygen atoms in total. The van der Waals surface area contributed by atoms with E-state index < -0.39 is 0 Å². The van der Waals surface area contributed by atoms with E-state index in [4.69, 9.17) is 0 Å². The lowest BCUT2D eigenvalue weighted by molar-refractivity contribution is -0.121. The molecule has 0 bridgehead atoms. The number of carbonyl (C=O) groups excluding carboxylic acids is 1. The summed E-state index contributed by atoms with van der Waals surface area (Å²) in [6.45, 7) is 0. The summed E-state index contributed by atoms with van der Waals surface area (Å²) in [4.78, 5) is 12.0. The number of carbonyl (C=O) groups is 1. The second-order valence-electron chi connectivity index (χ2n) is 5.04. The smallest absolute Gasteiger partial charge is 0.224 e. The number of nitrogens with one attached hydrogen (secondary N) is 1. The van der Waals surface area contributed by atoms with Crippen LogP contribution in [0.1, 0.15) is 31.2 Å². The van der Waals surface area contributed by atoms with Crippen LogP contribution in [0.3, 0.4) is 0 Å². The summed E-state index contributed by atoms with van der Waals surface area (Å²) in [5, 5.41) is 4.19. The molecule has 1 fully saturated rings. The zero-order valence-electron chi connectivity index (χ0n) is 10.6. The second kappa shape index (κ2) is 6.93. The van der Waals surface area contributed by atoms with E-state index in [1.54, 1.807) is 0 Å². The summed E-state index contributed by atoms with van der Waals surface area (Å²) in [6.07, 6.45) is 5.37. The molecular formula is C15H20BrNO. The Hall–Kier alpha value is -0.830. The van der Waals surface area contributed by atoms with E-state index >= 15 is 0 Å². The number of halogens is 1. The Balaban J connectivity index is 1.86. The Labute approximate surface area is 117 Å². The molecule has 1 aliphatic carbocycles. The number of alkyl halides is 1. The van der Waals surface area contributed by atoms with Gasteiger partial charge in [-0.3, -0.25) is 4.79 Å². The van der Waals surface area contributed by atoms with Gasteiger partial charge < -0.3 is 5.32 Å². The molecule has 0 radical (unpaired) electrons. The van der Waals surface area contributed by atoms with E-state index in [9.17, 15) is 4.79 Å². The minimum absolute atomic E-state index is 0.152. The highest BCUT2D eigenvalue weighted by molar-refractivity contribution is 9.09. The fraction of sp³-hybridized carbons (Fsp3) is 0.533. The van der Waals surface area contributed by atoms with Crippen molar-refractivity contribution in [2.45, 2.75) is 38.1 Å². The summed E-state index contributed by atoms with van der Waals surface area (Å²) in [5.74, 6) is 0.748. The normalized spacial score (nSPS) is 23.6. The molecule has 3 heteroatoms. The summed E-state index contributed by atoms with van der Waals surface area (Å²) < 4.78 is 0. The van der Waals surface area contributed by atoms with Crippen molar-refractivity contribution in [2.75, 3.05) is 5.33 Å². The van der Waals surface area contributed by atoms with Gasteiger partial charge in [0.2, 0.25) is 5.91 Å². The number of hydrogen-bond acceptors (Lipinski definition) is 1. The second-order valence-corrected chi connectivity index (χ2v) is 5.68. The first kappa shape index (κ1) is 13.6. The first-order valence-corrected chi connectivity index (χ1v) is 7.81. The monoisotopic (exact) mass is 309 g/mol. The molecule has 0 heterocycles. The van der Waals surface area contributed by atoms with Crippen molar-refractivity contribution in [3.63, 3.8) is 0 Å². The van der Waals surface area contributed by atoms with Crippen LogP contribution in [0.15, 0.2) is 30.3 Å². The standard InChI is InChI=1S/C15H20BrNO/c16-11-13-8-4-5-9-14(13)17-15(18)10-12-6-2-1-3-7-12/h1-3,6-7,13-14H,4-5,8-11H2,(H,17,18). The van der Waals surface area contributed by atoms with E-state index in [0.29, 0.717) is 18.4 Å². The summed E-state index contributed by atoms with van der Waals surface area (Å²) in [5.41, 5.74) is 1.08. The quantitative estimate of drug-likeness (QED) is 0.850. The maximum atomic E-state index is 12.0. The van der Waals surface area contributed by atoms with Crippen LogP contribution in [0.25, 0.3) is 0 Å². The van der Waals surface area contributed by atoms with Gasteiger partial charge in [-0.25, -0.2) is 0 Å². The first-order valence-electron chi connectivity index (χ1n) is 6.69. The van der Waals surface area contributed by atoms with Gasteiger partial charge in [-0.2, -0.15) is 0 Å². The number of hydrogen-bond donors (Lipinski definition) is 1. The van der Waals surface area contributed by atoms with Crippen molar-refractivity contribution < 1.29 is 4.79 Å². The van der Waals surface area contributed by atoms with Crippen LogP contribution >= 0.6 is 15.9 Å². The Kier molecular flexibility index (Phi) is 5.24. The van der Waals surface area contributed by atoms with Crippen molar-refractivity contribution in [1.29, 1.82) is 0 Å². The van der Waals surface area contributed by atoms with Gasteiger partial charge in [-0.15, -0.1) is 0 Å². The Morgan fingerprint density at radius 3 is 2.67 bits per heavy atom. The Bertz CT molecular complexity index is 379. The molecule has 1 N–H and O–H groups in total. The van der Waals surface area contributed by atoms with Crippen LogP contribution in [0, 0.1) is 5.92 Å². The van der Waals surface area contributed by atoms with Crippen LogP contribution < -0.4 is 5.32 Å². The highest BCUT2D eigenvalue weighted by atomic mass is 79.9. The molecule has 2 rings (SSSR count). The fourth-order valence-electron chi connectivity index (χ4n) is 2.62. The molecule has 1 saturated carbocycles. The Morgan fingerprint density at radius 2 is 1.94 bits per heavy atom. The van der Waals surface area contributed by atoms with Gasteiger partial charge in [0.15, 0.2) is 0 Å². The third kappa shape index (κ3) is 3.84. The molecule has 1 amide bonds.